The van der Waals surface area contributed by atoms with Crippen LogP contribution >= 0.6 is 0 Å². The molecular formula is C31H40FN3O6. The number of benzene rings is 1. The number of rotatable bonds is 6. The molecule has 0 spiro atoms. The molecule has 2 aliphatic rings. The van der Waals surface area contributed by atoms with Gasteiger partial charge in [0.05, 0.1) is 29.6 Å². The number of aromatic nitrogens is 1. The molecule has 9 nitrogen and oxygen atoms in total. The lowest BCUT2D eigenvalue weighted by Crippen LogP contribution is -2.53. The number of carbonyl (C=O) groups is 3. The Kier molecular flexibility index (Phi) is 8.45. The molecule has 41 heavy (non-hydrogen) atoms. The first-order chi connectivity index (χ1) is 19.1. The molecule has 1 aromatic carbocycles. The van der Waals surface area contributed by atoms with Crippen molar-refractivity contribution in [1.29, 1.82) is 0 Å². The fourth-order valence-electron chi connectivity index (χ4n) is 5.86. The number of amides is 2. The highest BCUT2D eigenvalue weighted by atomic mass is 19.1. The Morgan fingerprint density at radius 3 is 2.41 bits per heavy atom. The summed E-state index contributed by atoms with van der Waals surface area (Å²) in [5.41, 5.74) is 2.22. The van der Waals surface area contributed by atoms with Gasteiger partial charge in [0.1, 0.15) is 11.4 Å². The van der Waals surface area contributed by atoms with E-state index >= 15 is 0 Å². The Morgan fingerprint density at radius 1 is 1.17 bits per heavy atom. The molecule has 2 amide bonds. The van der Waals surface area contributed by atoms with Gasteiger partial charge >= 0.3 is 12.1 Å². The van der Waals surface area contributed by atoms with E-state index < -0.39 is 34.9 Å². The summed E-state index contributed by atoms with van der Waals surface area (Å²) in [6, 6.07) is 7.67. The fourth-order valence-corrected chi connectivity index (χ4v) is 5.86. The molecular weight excluding hydrogens is 529 g/mol. The number of piperidine rings is 1. The highest BCUT2D eigenvalue weighted by Crippen LogP contribution is 2.42. The molecule has 0 bridgehead atoms. The maximum Gasteiger partial charge on any atom is 0.410 e. The molecule has 1 aromatic heterocycles. The third kappa shape index (κ3) is 6.69. The van der Waals surface area contributed by atoms with E-state index in [1.54, 1.807) is 37.8 Å². The van der Waals surface area contributed by atoms with Gasteiger partial charge in [0, 0.05) is 31.0 Å². The molecule has 0 saturated carbocycles. The average Bonchev–Trinajstić information content (AvgIpc) is 3.13. The van der Waals surface area contributed by atoms with Gasteiger partial charge in [-0.05, 0) is 75.8 Å². The van der Waals surface area contributed by atoms with Crippen molar-refractivity contribution >= 4 is 23.7 Å². The first kappa shape index (κ1) is 30.4. The summed E-state index contributed by atoms with van der Waals surface area (Å²) in [6.07, 6.45) is 0.203. The van der Waals surface area contributed by atoms with Crippen LogP contribution in [0.5, 0.6) is 0 Å². The summed E-state index contributed by atoms with van der Waals surface area (Å²) in [5.74, 6) is -2.99. The zero-order chi connectivity index (χ0) is 30.3. The smallest absolute Gasteiger partial charge is 0.410 e. The number of carboxylic acid groups (broad SMARTS) is 1. The third-order valence-electron chi connectivity index (χ3n) is 7.94. The van der Waals surface area contributed by atoms with E-state index in [2.05, 4.69) is 0 Å². The number of carboxylic acids is 1. The number of aliphatic carboxylic acids is 1. The second-order valence-electron chi connectivity index (χ2n) is 12.9. The number of anilines is 1. The van der Waals surface area contributed by atoms with Crippen molar-refractivity contribution in [3.8, 4) is 0 Å². The van der Waals surface area contributed by atoms with Gasteiger partial charge < -0.3 is 24.7 Å². The van der Waals surface area contributed by atoms with Gasteiger partial charge in [0.25, 0.3) is 0 Å². The number of aliphatic hydroxyl groups is 1. The van der Waals surface area contributed by atoms with E-state index in [9.17, 15) is 29.0 Å². The predicted molar refractivity (Wildman–Crippen MR) is 151 cm³/mol. The van der Waals surface area contributed by atoms with Crippen LogP contribution in [-0.2, 0) is 32.8 Å². The van der Waals surface area contributed by atoms with E-state index in [-0.39, 0.29) is 37.3 Å². The van der Waals surface area contributed by atoms with Gasteiger partial charge in [-0.1, -0.05) is 26.0 Å². The molecule has 10 heteroatoms. The van der Waals surface area contributed by atoms with Gasteiger partial charge in [-0.15, -0.1) is 0 Å². The summed E-state index contributed by atoms with van der Waals surface area (Å²) in [6.45, 7) is 11.1. The lowest BCUT2D eigenvalue weighted by atomic mass is 9.80. The number of hydrogen-bond donors (Lipinski definition) is 2. The van der Waals surface area contributed by atoms with Gasteiger partial charge in [-0.25, -0.2) is 9.18 Å². The minimum atomic E-state index is -1.05. The number of nitrogens with zero attached hydrogens (tertiary/aromatic N) is 3. The Labute approximate surface area is 240 Å². The van der Waals surface area contributed by atoms with Gasteiger partial charge in [-0.2, -0.15) is 0 Å². The van der Waals surface area contributed by atoms with Crippen molar-refractivity contribution < 1.29 is 33.7 Å². The van der Waals surface area contributed by atoms with E-state index in [1.165, 1.54) is 17.0 Å². The highest BCUT2D eigenvalue weighted by Gasteiger charge is 2.45. The molecule has 0 aliphatic carbocycles. The number of hydrogen-bond acceptors (Lipinski definition) is 6. The number of pyridine rings is 1. The van der Waals surface area contributed by atoms with E-state index in [1.807, 2.05) is 26.8 Å². The molecule has 4 rings (SSSR count). The first-order valence-electron chi connectivity index (χ1n) is 14.0. The first-order valence-corrected chi connectivity index (χ1v) is 14.0. The van der Waals surface area contributed by atoms with Crippen LogP contribution in [0.3, 0.4) is 0 Å². The van der Waals surface area contributed by atoms with Crippen molar-refractivity contribution in [1.82, 2.24) is 9.88 Å². The van der Waals surface area contributed by atoms with Crippen LogP contribution in [0, 0.1) is 17.7 Å². The molecule has 2 N–H and O–H groups in total. The summed E-state index contributed by atoms with van der Waals surface area (Å²) < 4.78 is 18.9. The quantitative estimate of drug-likeness (QED) is 0.519. The minimum Gasteiger partial charge on any atom is -0.481 e. The second-order valence-corrected chi connectivity index (χ2v) is 12.9. The molecule has 3 heterocycles. The lowest BCUT2D eigenvalue weighted by molar-refractivity contribution is -0.147. The summed E-state index contributed by atoms with van der Waals surface area (Å²) in [5, 5.41) is 20.1. The van der Waals surface area contributed by atoms with Gasteiger partial charge in [0.2, 0.25) is 5.91 Å². The predicted octanol–water partition coefficient (Wildman–Crippen LogP) is 4.66. The molecule has 2 aromatic rings. The van der Waals surface area contributed by atoms with Crippen LogP contribution in [0.15, 0.2) is 30.3 Å². The van der Waals surface area contributed by atoms with Crippen molar-refractivity contribution in [3.05, 3.63) is 58.7 Å². The topological polar surface area (TPSA) is 120 Å². The zero-order valence-corrected chi connectivity index (χ0v) is 24.6. The maximum absolute atomic E-state index is 13.8. The van der Waals surface area contributed by atoms with Crippen molar-refractivity contribution in [2.45, 2.75) is 84.5 Å². The number of carbonyl (C=O) groups excluding carboxylic acids is 2. The van der Waals surface area contributed by atoms with Crippen LogP contribution in [-0.4, -0.2) is 62.8 Å². The second kappa shape index (κ2) is 11.4. The Balaban J connectivity index is 1.58. The Hall–Kier alpha value is -3.53. The minimum absolute atomic E-state index is 0.00797. The third-order valence-corrected chi connectivity index (χ3v) is 7.94. The van der Waals surface area contributed by atoms with Crippen molar-refractivity contribution in [3.63, 3.8) is 0 Å². The molecule has 3 atom stereocenters. The molecule has 0 radical (unpaired) electrons. The number of aliphatic hydroxyl groups excluding tert-OH is 1. The van der Waals surface area contributed by atoms with Crippen LogP contribution in [0.2, 0.25) is 0 Å². The summed E-state index contributed by atoms with van der Waals surface area (Å²) >= 11 is 0. The van der Waals surface area contributed by atoms with Gasteiger partial charge in [0.15, 0.2) is 0 Å². The molecule has 1 fully saturated rings. The molecule has 222 valence electrons. The lowest BCUT2D eigenvalue weighted by Gasteiger charge is -2.41. The fraction of sp³-hybridized carbons (Fsp3) is 0.548. The Bertz CT molecular complexity index is 1320. The standard InChI is InChI=1S/C31H40FN3O6/c1-18-11-20(23(28(38)39)15-34(18)29(40)41-30(2,3)4)14-26(37)35-17-31(5,6)27-25(35)13-21(24(16-36)33-27)12-19-7-9-22(32)10-8-19/h7-10,13,18,20,23,36H,11-12,14-17H2,1-6H3,(H,38,39)/t18-,20?,23+/m1/s1. The molecule has 1 saturated heterocycles. The number of fused-ring (bicyclic) bond motifs is 1. The van der Waals surface area contributed by atoms with Crippen LogP contribution < -0.4 is 4.90 Å². The van der Waals surface area contributed by atoms with Crippen molar-refractivity contribution in [2.24, 2.45) is 11.8 Å². The highest BCUT2D eigenvalue weighted by molar-refractivity contribution is 5.96. The summed E-state index contributed by atoms with van der Waals surface area (Å²) in [4.78, 5) is 46.7. The van der Waals surface area contributed by atoms with Crippen molar-refractivity contribution in [2.75, 3.05) is 18.0 Å². The zero-order valence-electron chi connectivity index (χ0n) is 24.6. The number of likely N-dealkylation sites (tertiary alicyclic amines) is 1. The normalized spacial score (nSPS) is 21.9. The van der Waals surface area contributed by atoms with E-state index in [4.69, 9.17) is 9.72 Å². The maximum atomic E-state index is 13.8. The molecule has 2 aliphatic heterocycles. The monoisotopic (exact) mass is 569 g/mol. The van der Waals surface area contributed by atoms with Gasteiger partial charge in [-0.3, -0.25) is 14.6 Å². The Morgan fingerprint density at radius 2 is 1.83 bits per heavy atom. The van der Waals surface area contributed by atoms with E-state index in [0.717, 1.165) is 11.1 Å². The summed E-state index contributed by atoms with van der Waals surface area (Å²) in [7, 11) is 0. The van der Waals surface area contributed by atoms with Crippen LogP contribution in [0.25, 0.3) is 0 Å². The van der Waals surface area contributed by atoms with E-state index in [0.29, 0.717) is 36.5 Å². The number of halogens is 1. The molecule has 1 unspecified atom stereocenters. The SMILES string of the molecule is C[C@@H]1CC(CC(=O)N2CC(C)(C)c3nc(CO)c(Cc4ccc(F)cc4)cc32)[C@@H](C(=O)O)CN1C(=O)OC(C)(C)C. The van der Waals surface area contributed by atoms with Crippen LogP contribution in [0.1, 0.15) is 76.9 Å². The largest absolute Gasteiger partial charge is 0.481 e. The number of ether oxygens (including phenoxy) is 1. The van der Waals surface area contributed by atoms with Crippen LogP contribution in [0.4, 0.5) is 14.9 Å². The average molecular weight is 570 g/mol.